The fourth-order valence-electron chi connectivity index (χ4n) is 1.64. The van der Waals surface area contributed by atoms with Gasteiger partial charge in [0, 0.05) is 25.6 Å². The van der Waals surface area contributed by atoms with E-state index in [9.17, 15) is 13.2 Å². The van der Waals surface area contributed by atoms with E-state index in [1.54, 1.807) is 4.90 Å². The first kappa shape index (κ1) is 12.4. The average Bonchev–Trinajstić information content (AvgIpc) is 2.16. The van der Waals surface area contributed by atoms with Crippen molar-refractivity contribution in [1.82, 2.24) is 4.90 Å². The van der Waals surface area contributed by atoms with E-state index in [0.29, 0.717) is 6.54 Å². The summed E-state index contributed by atoms with van der Waals surface area (Å²) in [6.45, 7) is 4.25. The van der Waals surface area contributed by atoms with E-state index in [2.05, 4.69) is 0 Å². The van der Waals surface area contributed by atoms with Crippen LogP contribution in [0.2, 0.25) is 0 Å². The molecule has 1 rings (SSSR count). The maximum atomic E-state index is 11.7. The van der Waals surface area contributed by atoms with Crippen LogP contribution in [-0.2, 0) is 14.6 Å². The first-order valence-corrected chi connectivity index (χ1v) is 6.80. The molecule has 15 heavy (non-hydrogen) atoms. The molecule has 1 amide bonds. The molecule has 1 unspecified atom stereocenters. The highest BCUT2D eigenvalue weighted by Crippen LogP contribution is 2.13. The first-order valence-electron chi connectivity index (χ1n) is 5.09. The third-order valence-corrected chi connectivity index (χ3v) is 4.75. The van der Waals surface area contributed by atoms with Gasteiger partial charge in [-0.2, -0.15) is 0 Å². The predicted octanol–water partition coefficient (Wildman–Crippen LogP) is -0.773. The summed E-state index contributed by atoms with van der Waals surface area (Å²) in [5, 5.41) is -0.589. The van der Waals surface area contributed by atoms with Gasteiger partial charge in [0.2, 0.25) is 5.91 Å². The second-order valence-corrected chi connectivity index (χ2v) is 6.56. The third kappa shape index (κ3) is 2.69. The molecule has 1 fully saturated rings. The largest absolute Gasteiger partial charge is 0.340 e. The van der Waals surface area contributed by atoms with Crippen LogP contribution in [0.15, 0.2) is 0 Å². The summed E-state index contributed by atoms with van der Waals surface area (Å²) in [5.74, 6) is -0.0552. The standard InChI is InChI=1S/C9H18N2O3S/c1-7(2)9(12)11-3-4-15(13,14)8(5-10)6-11/h7-8H,3-6,10H2,1-2H3. The van der Waals surface area contributed by atoms with Crippen LogP contribution in [0.25, 0.3) is 0 Å². The lowest BCUT2D eigenvalue weighted by Gasteiger charge is -2.33. The van der Waals surface area contributed by atoms with Crippen LogP contribution >= 0.6 is 0 Å². The zero-order valence-electron chi connectivity index (χ0n) is 9.14. The minimum Gasteiger partial charge on any atom is -0.340 e. The molecule has 1 saturated heterocycles. The normalized spacial score (nSPS) is 25.6. The van der Waals surface area contributed by atoms with Gasteiger partial charge in [0.1, 0.15) is 0 Å². The fraction of sp³-hybridized carbons (Fsp3) is 0.889. The number of carbonyl (C=O) groups excluding carboxylic acids is 1. The molecule has 0 aromatic heterocycles. The van der Waals surface area contributed by atoms with Crippen LogP contribution in [-0.4, -0.2) is 49.9 Å². The number of hydrogen-bond acceptors (Lipinski definition) is 4. The second-order valence-electron chi connectivity index (χ2n) is 4.16. The summed E-state index contributed by atoms with van der Waals surface area (Å²) in [6, 6.07) is 0. The Labute approximate surface area is 90.5 Å². The van der Waals surface area contributed by atoms with Gasteiger partial charge in [0.15, 0.2) is 9.84 Å². The highest BCUT2D eigenvalue weighted by atomic mass is 32.2. The van der Waals surface area contributed by atoms with E-state index in [-0.39, 0.29) is 30.7 Å². The van der Waals surface area contributed by atoms with Crippen LogP contribution in [0.4, 0.5) is 0 Å². The van der Waals surface area contributed by atoms with Gasteiger partial charge in [-0.05, 0) is 0 Å². The zero-order chi connectivity index (χ0) is 11.6. The molecular weight excluding hydrogens is 216 g/mol. The van der Waals surface area contributed by atoms with Gasteiger partial charge in [-0.25, -0.2) is 8.42 Å². The Balaban J connectivity index is 2.74. The number of sulfone groups is 1. The molecule has 0 saturated carbocycles. The molecule has 6 heteroatoms. The molecule has 88 valence electrons. The van der Waals surface area contributed by atoms with E-state index in [4.69, 9.17) is 5.73 Å². The number of carbonyl (C=O) groups is 1. The summed E-state index contributed by atoms with van der Waals surface area (Å²) in [6.07, 6.45) is 0. The summed E-state index contributed by atoms with van der Waals surface area (Å²) < 4.78 is 23.1. The summed E-state index contributed by atoms with van der Waals surface area (Å²) in [5.41, 5.74) is 5.40. The van der Waals surface area contributed by atoms with E-state index >= 15 is 0 Å². The Hall–Kier alpha value is -0.620. The molecule has 0 aliphatic carbocycles. The Morgan fingerprint density at radius 1 is 1.53 bits per heavy atom. The van der Waals surface area contributed by atoms with E-state index in [1.807, 2.05) is 13.8 Å². The monoisotopic (exact) mass is 234 g/mol. The van der Waals surface area contributed by atoms with Gasteiger partial charge in [0.05, 0.1) is 11.0 Å². The van der Waals surface area contributed by atoms with Gasteiger partial charge in [-0.1, -0.05) is 13.8 Å². The lowest BCUT2D eigenvalue weighted by atomic mass is 10.2. The zero-order valence-corrected chi connectivity index (χ0v) is 9.96. The molecule has 1 aliphatic rings. The van der Waals surface area contributed by atoms with Crippen molar-refractivity contribution >= 4 is 15.7 Å². The molecule has 0 aromatic rings. The third-order valence-electron chi connectivity index (χ3n) is 2.65. The number of nitrogens with zero attached hydrogens (tertiary/aromatic N) is 1. The van der Waals surface area contributed by atoms with Crippen molar-refractivity contribution in [3.05, 3.63) is 0 Å². The Morgan fingerprint density at radius 3 is 2.60 bits per heavy atom. The molecule has 1 aliphatic heterocycles. The van der Waals surface area contributed by atoms with E-state index < -0.39 is 15.1 Å². The van der Waals surface area contributed by atoms with Crippen molar-refractivity contribution in [2.45, 2.75) is 19.1 Å². The number of amides is 1. The highest BCUT2D eigenvalue weighted by Gasteiger charge is 2.34. The van der Waals surface area contributed by atoms with Crippen molar-refractivity contribution in [2.24, 2.45) is 11.7 Å². The maximum Gasteiger partial charge on any atom is 0.225 e. The van der Waals surface area contributed by atoms with Crippen LogP contribution in [0, 0.1) is 5.92 Å². The van der Waals surface area contributed by atoms with Gasteiger partial charge in [-0.15, -0.1) is 0 Å². The summed E-state index contributed by atoms with van der Waals surface area (Å²) in [4.78, 5) is 13.3. The first-order chi connectivity index (χ1) is 6.88. The van der Waals surface area contributed by atoms with Gasteiger partial charge < -0.3 is 10.6 Å². The molecule has 1 atom stereocenters. The molecular formula is C9H18N2O3S. The van der Waals surface area contributed by atoms with Gasteiger partial charge in [0.25, 0.3) is 0 Å². The molecule has 0 spiro atoms. The van der Waals surface area contributed by atoms with Crippen molar-refractivity contribution < 1.29 is 13.2 Å². The lowest BCUT2D eigenvalue weighted by Crippen LogP contribution is -2.52. The highest BCUT2D eigenvalue weighted by molar-refractivity contribution is 7.92. The maximum absolute atomic E-state index is 11.7. The number of hydrogen-bond donors (Lipinski definition) is 1. The molecule has 0 radical (unpaired) electrons. The van der Waals surface area contributed by atoms with Crippen LogP contribution < -0.4 is 5.73 Å². The number of nitrogens with two attached hydrogens (primary N) is 1. The van der Waals surface area contributed by atoms with E-state index in [1.165, 1.54) is 0 Å². The lowest BCUT2D eigenvalue weighted by molar-refractivity contribution is -0.134. The van der Waals surface area contributed by atoms with Crippen molar-refractivity contribution in [1.29, 1.82) is 0 Å². The Bertz CT molecular complexity index is 337. The summed E-state index contributed by atoms with van der Waals surface area (Å²) in [7, 11) is -3.08. The molecule has 0 bridgehead atoms. The number of rotatable bonds is 2. The molecule has 0 aromatic carbocycles. The van der Waals surface area contributed by atoms with Crippen LogP contribution in [0.1, 0.15) is 13.8 Å². The van der Waals surface area contributed by atoms with E-state index in [0.717, 1.165) is 0 Å². The van der Waals surface area contributed by atoms with Gasteiger partial charge in [-0.3, -0.25) is 4.79 Å². The molecule has 2 N–H and O–H groups in total. The van der Waals surface area contributed by atoms with Crippen LogP contribution in [0.3, 0.4) is 0 Å². The van der Waals surface area contributed by atoms with Gasteiger partial charge >= 0.3 is 0 Å². The predicted molar refractivity (Wildman–Crippen MR) is 58.0 cm³/mol. The fourth-order valence-corrected chi connectivity index (χ4v) is 3.15. The van der Waals surface area contributed by atoms with Crippen molar-refractivity contribution in [3.8, 4) is 0 Å². The Kier molecular flexibility index (Phi) is 3.72. The Morgan fingerprint density at radius 2 is 2.13 bits per heavy atom. The topological polar surface area (TPSA) is 80.5 Å². The smallest absolute Gasteiger partial charge is 0.225 e. The second kappa shape index (κ2) is 4.49. The average molecular weight is 234 g/mol. The molecule has 1 heterocycles. The SMILES string of the molecule is CC(C)C(=O)N1CCS(=O)(=O)C(CN)C1. The van der Waals surface area contributed by atoms with Crippen molar-refractivity contribution in [3.63, 3.8) is 0 Å². The minimum atomic E-state index is -3.08. The minimum absolute atomic E-state index is 0.00310. The van der Waals surface area contributed by atoms with Crippen molar-refractivity contribution in [2.75, 3.05) is 25.4 Å². The summed E-state index contributed by atoms with van der Waals surface area (Å²) >= 11 is 0. The molecule has 5 nitrogen and oxygen atoms in total. The van der Waals surface area contributed by atoms with Crippen LogP contribution in [0.5, 0.6) is 0 Å². The quantitative estimate of drug-likeness (QED) is 0.680.